The molecule has 0 amide bonds. The number of rotatable bonds is 6. The van der Waals surface area contributed by atoms with Gasteiger partial charge in [0.2, 0.25) is 6.10 Å². The normalized spacial score (nSPS) is 13.0. The van der Waals surface area contributed by atoms with Crippen LogP contribution in [-0.2, 0) is 0 Å². The maximum Gasteiger partial charge on any atom is 0.212 e. The summed E-state index contributed by atoms with van der Waals surface area (Å²) >= 11 is 3.36. The average Bonchev–Trinajstić information content (AvgIpc) is 2.36. The Morgan fingerprint density at radius 2 is 1.81 bits per heavy atom. The van der Waals surface area contributed by atoms with Gasteiger partial charge in [-0.1, -0.05) is 13.8 Å². The number of likely N-dealkylation sites (N-methyl/N-ethyl adjacent to an activating group) is 2. The number of nitrogens with zero attached hydrogens (tertiary/aromatic N) is 4. The molecule has 1 rings (SSSR count). The first-order chi connectivity index (χ1) is 9.77. The summed E-state index contributed by atoms with van der Waals surface area (Å²) in [6.45, 7) is 4.16. The lowest BCUT2D eigenvalue weighted by Crippen LogP contribution is -2.50. The van der Waals surface area contributed by atoms with Crippen molar-refractivity contribution in [3.05, 3.63) is 22.4 Å². The fourth-order valence-electron chi connectivity index (χ4n) is 2.25. The third-order valence-electron chi connectivity index (χ3n) is 3.19. The Labute approximate surface area is 135 Å². The molecule has 0 N–H and O–H groups in total. The Balaban J connectivity index is 3.12. The van der Waals surface area contributed by atoms with Gasteiger partial charge >= 0.3 is 0 Å². The van der Waals surface area contributed by atoms with Gasteiger partial charge in [0.05, 0.1) is 0 Å². The molecule has 1 unspecified atom stereocenters. The summed E-state index contributed by atoms with van der Waals surface area (Å²) in [5, 5.41) is 9.50. The van der Waals surface area contributed by atoms with E-state index in [1.54, 1.807) is 6.20 Å². The van der Waals surface area contributed by atoms with E-state index in [9.17, 15) is 5.26 Å². The second-order valence-electron chi connectivity index (χ2n) is 5.71. The highest BCUT2D eigenvalue weighted by Gasteiger charge is 2.28. The van der Waals surface area contributed by atoms with E-state index in [0.29, 0.717) is 10.4 Å². The summed E-state index contributed by atoms with van der Waals surface area (Å²) in [5.41, 5.74) is 0.995. The predicted octanol–water partition coefficient (Wildman–Crippen LogP) is 2.69. The highest BCUT2D eigenvalue weighted by molar-refractivity contribution is 9.10. The van der Waals surface area contributed by atoms with Crippen LogP contribution in [0.4, 0.5) is 0 Å². The predicted molar refractivity (Wildman–Crippen MR) is 87.2 cm³/mol. The van der Waals surface area contributed by atoms with Crippen molar-refractivity contribution in [2.75, 3.05) is 28.2 Å². The second kappa shape index (κ2) is 7.74. The summed E-state index contributed by atoms with van der Waals surface area (Å²) in [4.78, 5) is 8.18. The van der Waals surface area contributed by atoms with Crippen LogP contribution in [0.25, 0.3) is 0 Å². The second-order valence-corrected chi connectivity index (χ2v) is 6.52. The van der Waals surface area contributed by atoms with Crippen LogP contribution in [0.15, 0.2) is 16.9 Å². The standard InChI is InChI=1S/C15H23BrN4O/c1-10(2)11-9-18-14(16)7-12(11)21-13(8-17)15(19(3)4)20(5)6/h7,9-10,13,15H,1-6H3. The molecule has 1 aromatic heterocycles. The number of hydrogen-bond acceptors (Lipinski definition) is 5. The highest BCUT2D eigenvalue weighted by Crippen LogP contribution is 2.29. The molecule has 0 aromatic carbocycles. The number of aromatic nitrogens is 1. The van der Waals surface area contributed by atoms with E-state index in [4.69, 9.17) is 4.74 Å². The van der Waals surface area contributed by atoms with Gasteiger partial charge in [0.1, 0.15) is 22.6 Å². The van der Waals surface area contributed by atoms with Crippen molar-refractivity contribution in [2.45, 2.75) is 32.0 Å². The number of nitriles is 1. The molecular weight excluding hydrogens is 332 g/mol. The smallest absolute Gasteiger partial charge is 0.212 e. The fraction of sp³-hybridized carbons (Fsp3) is 0.600. The Hall–Kier alpha value is -1.16. The van der Waals surface area contributed by atoms with Crippen LogP contribution in [0.1, 0.15) is 25.3 Å². The minimum Gasteiger partial charge on any atom is -0.472 e. The van der Waals surface area contributed by atoms with Gasteiger partial charge in [0.25, 0.3) is 0 Å². The zero-order valence-electron chi connectivity index (χ0n) is 13.5. The maximum absolute atomic E-state index is 9.50. The molecule has 0 spiro atoms. The largest absolute Gasteiger partial charge is 0.472 e. The van der Waals surface area contributed by atoms with Gasteiger partial charge in [0, 0.05) is 17.8 Å². The molecule has 0 fully saturated rings. The summed E-state index contributed by atoms with van der Waals surface area (Å²) in [5.74, 6) is 0.976. The molecule has 21 heavy (non-hydrogen) atoms. The third kappa shape index (κ3) is 4.67. The van der Waals surface area contributed by atoms with Crippen LogP contribution < -0.4 is 4.74 Å². The molecular formula is C15H23BrN4O. The monoisotopic (exact) mass is 354 g/mol. The lowest BCUT2D eigenvalue weighted by atomic mass is 10.0. The SMILES string of the molecule is CC(C)c1cnc(Br)cc1OC(C#N)C(N(C)C)N(C)C. The van der Waals surface area contributed by atoms with Crippen molar-refractivity contribution in [3.8, 4) is 11.8 Å². The van der Waals surface area contributed by atoms with E-state index in [-0.39, 0.29) is 12.1 Å². The Bertz CT molecular complexity index is 503. The van der Waals surface area contributed by atoms with Crippen molar-refractivity contribution in [3.63, 3.8) is 0 Å². The first-order valence-corrected chi connectivity index (χ1v) is 7.61. The molecule has 0 radical (unpaired) electrons. The van der Waals surface area contributed by atoms with Crippen LogP contribution >= 0.6 is 15.9 Å². The van der Waals surface area contributed by atoms with E-state index >= 15 is 0 Å². The molecule has 116 valence electrons. The van der Waals surface area contributed by atoms with Gasteiger partial charge in [-0.15, -0.1) is 0 Å². The molecule has 6 heteroatoms. The molecule has 0 bridgehead atoms. The number of pyridine rings is 1. The van der Waals surface area contributed by atoms with Crippen LogP contribution in [0.3, 0.4) is 0 Å². The molecule has 1 aromatic rings. The molecule has 1 atom stereocenters. The van der Waals surface area contributed by atoms with Crippen molar-refractivity contribution < 1.29 is 4.74 Å². The summed E-state index contributed by atoms with van der Waals surface area (Å²) in [6, 6.07) is 4.08. The van der Waals surface area contributed by atoms with Gasteiger partial charge in [-0.25, -0.2) is 4.98 Å². The molecule has 0 saturated carbocycles. The van der Waals surface area contributed by atoms with Crippen molar-refractivity contribution >= 4 is 15.9 Å². The zero-order chi connectivity index (χ0) is 16.2. The first-order valence-electron chi connectivity index (χ1n) is 6.82. The van der Waals surface area contributed by atoms with E-state index < -0.39 is 6.10 Å². The Morgan fingerprint density at radius 1 is 1.24 bits per heavy atom. The lowest BCUT2D eigenvalue weighted by Gasteiger charge is -2.34. The van der Waals surface area contributed by atoms with Crippen molar-refractivity contribution in [1.82, 2.24) is 14.8 Å². The number of ether oxygens (including phenoxy) is 1. The van der Waals surface area contributed by atoms with Gasteiger partial charge in [0.15, 0.2) is 0 Å². The van der Waals surface area contributed by atoms with Crippen molar-refractivity contribution in [2.24, 2.45) is 0 Å². The summed E-state index contributed by atoms with van der Waals surface area (Å²) in [7, 11) is 7.74. The van der Waals surface area contributed by atoms with Crippen LogP contribution in [-0.4, -0.2) is 55.2 Å². The lowest BCUT2D eigenvalue weighted by molar-refractivity contribution is 0.0401. The minimum atomic E-state index is -0.596. The van der Waals surface area contributed by atoms with Crippen molar-refractivity contribution in [1.29, 1.82) is 5.26 Å². The van der Waals surface area contributed by atoms with Crippen LogP contribution in [0, 0.1) is 11.3 Å². The number of halogens is 1. The third-order valence-corrected chi connectivity index (χ3v) is 3.63. The molecule has 1 heterocycles. The quantitative estimate of drug-likeness (QED) is 0.580. The number of hydrogen-bond donors (Lipinski definition) is 0. The Morgan fingerprint density at radius 3 is 2.24 bits per heavy atom. The maximum atomic E-state index is 9.50. The minimum absolute atomic E-state index is 0.137. The molecule has 0 saturated heterocycles. The summed E-state index contributed by atoms with van der Waals surface area (Å²) < 4.78 is 6.71. The fourth-order valence-corrected chi connectivity index (χ4v) is 2.56. The van der Waals surface area contributed by atoms with Crippen LogP contribution in [0.5, 0.6) is 5.75 Å². The summed E-state index contributed by atoms with van der Waals surface area (Å²) in [6.07, 6.45) is 1.06. The van der Waals surface area contributed by atoms with Gasteiger partial charge < -0.3 is 4.74 Å². The molecule has 0 aliphatic carbocycles. The van der Waals surface area contributed by atoms with Gasteiger partial charge in [-0.3, -0.25) is 9.80 Å². The Kier molecular flexibility index (Phi) is 6.59. The van der Waals surface area contributed by atoms with E-state index in [2.05, 4.69) is 40.8 Å². The molecule has 0 aliphatic heterocycles. The topological polar surface area (TPSA) is 52.4 Å². The molecule has 5 nitrogen and oxygen atoms in total. The first kappa shape index (κ1) is 17.9. The van der Waals surface area contributed by atoms with E-state index in [1.165, 1.54) is 0 Å². The van der Waals surface area contributed by atoms with Gasteiger partial charge in [-0.2, -0.15) is 5.26 Å². The molecule has 0 aliphatic rings. The van der Waals surface area contributed by atoms with Crippen LogP contribution in [0.2, 0.25) is 0 Å². The zero-order valence-corrected chi connectivity index (χ0v) is 15.0. The highest BCUT2D eigenvalue weighted by atomic mass is 79.9. The average molecular weight is 355 g/mol. The van der Waals surface area contributed by atoms with E-state index in [1.807, 2.05) is 44.1 Å². The van der Waals surface area contributed by atoms with Gasteiger partial charge in [-0.05, 0) is 50.0 Å². The van der Waals surface area contributed by atoms with E-state index in [0.717, 1.165) is 5.56 Å².